The summed E-state index contributed by atoms with van der Waals surface area (Å²) in [7, 11) is 3.19. The normalized spacial score (nSPS) is 12.2. The average molecular weight is 280 g/mol. The summed E-state index contributed by atoms with van der Waals surface area (Å²) in [5, 5.41) is 6.18. The number of carbonyl (C=O) groups excluding carboxylic acids is 1. The van der Waals surface area contributed by atoms with Gasteiger partial charge in [-0.25, -0.2) is 0 Å². The van der Waals surface area contributed by atoms with Crippen molar-refractivity contribution in [1.29, 1.82) is 0 Å². The minimum absolute atomic E-state index is 0.0588. The number of methoxy groups -OCH3 is 2. The van der Waals surface area contributed by atoms with Crippen LogP contribution in [0.1, 0.15) is 13.8 Å². The van der Waals surface area contributed by atoms with Crippen LogP contribution in [-0.2, 0) is 14.3 Å². The largest absolute Gasteiger partial charge is 0.383 e. The molecular formula is C15H24N2O3. The number of carbonyl (C=O) groups is 1. The second kappa shape index (κ2) is 8.55. The van der Waals surface area contributed by atoms with Crippen molar-refractivity contribution in [2.75, 3.05) is 38.1 Å². The molecule has 0 aliphatic carbocycles. The minimum Gasteiger partial charge on any atom is -0.383 e. The minimum atomic E-state index is -0.160. The highest BCUT2D eigenvalue weighted by atomic mass is 16.5. The lowest BCUT2D eigenvalue weighted by Gasteiger charge is -2.22. The maximum absolute atomic E-state index is 11.4. The fraction of sp³-hybridized carbons (Fsp3) is 0.533. The highest BCUT2D eigenvalue weighted by molar-refractivity contribution is 5.91. The second-order valence-electron chi connectivity index (χ2n) is 5.01. The highest BCUT2D eigenvalue weighted by Crippen LogP contribution is 2.16. The standard InChI is InChI=1S/C15H24N2O3/c1-11(2)14(9-19-3)16-12-5-7-13(8-6-12)17-15(18)10-20-4/h5-8,11,14,16H,9-10H2,1-4H3,(H,17,18). The van der Waals surface area contributed by atoms with Crippen LogP contribution in [0.3, 0.4) is 0 Å². The van der Waals surface area contributed by atoms with E-state index in [0.717, 1.165) is 11.4 Å². The molecule has 0 aliphatic rings. The first-order valence-corrected chi connectivity index (χ1v) is 6.71. The number of benzene rings is 1. The molecule has 1 atom stereocenters. The Kier molecular flexibility index (Phi) is 7.04. The molecule has 5 heteroatoms. The summed E-state index contributed by atoms with van der Waals surface area (Å²) in [6.45, 7) is 5.01. The number of hydrogen-bond acceptors (Lipinski definition) is 4. The first kappa shape index (κ1) is 16.5. The molecule has 1 rings (SSSR count). The first-order valence-electron chi connectivity index (χ1n) is 6.71. The lowest BCUT2D eigenvalue weighted by molar-refractivity contribution is -0.119. The number of rotatable bonds is 8. The molecular weight excluding hydrogens is 256 g/mol. The predicted molar refractivity (Wildman–Crippen MR) is 81.1 cm³/mol. The molecule has 112 valence electrons. The Hall–Kier alpha value is -1.59. The van der Waals surface area contributed by atoms with E-state index in [1.807, 2.05) is 24.3 Å². The van der Waals surface area contributed by atoms with E-state index in [2.05, 4.69) is 24.5 Å². The van der Waals surface area contributed by atoms with E-state index >= 15 is 0 Å². The average Bonchev–Trinajstić information content (AvgIpc) is 2.40. The third-order valence-corrected chi connectivity index (χ3v) is 2.95. The Balaban J connectivity index is 2.59. The van der Waals surface area contributed by atoms with Gasteiger partial charge in [0.2, 0.25) is 5.91 Å². The lowest BCUT2D eigenvalue weighted by Crippen LogP contribution is -2.30. The Morgan fingerprint density at radius 1 is 1.10 bits per heavy atom. The smallest absolute Gasteiger partial charge is 0.250 e. The van der Waals surface area contributed by atoms with Crippen molar-refractivity contribution in [3.05, 3.63) is 24.3 Å². The van der Waals surface area contributed by atoms with Crippen molar-refractivity contribution in [2.24, 2.45) is 5.92 Å². The van der Waals surface area contributed by atoms with Crippen LogP contribution in [-0.4, -0.2) is 39.4 Å². The topological polar surface area (TPSA) is 59.6 Å². The molecule has 1 aromatic rings. The van der Waals surface area contributed by atoms with Gasteiger partial charge in [0.15, 0.2) is 0 Å². The van der Waals surface area contributed by atoms with Crippen molar-refractivity contribution >= 4 is 17.3 Å². The van der Waals surface area contributed by atoms with Gasteiger partial charge >= 0.3 is 0 Å². The van der Waals surface area contributed by atoms with Gasteiger partial charge in [0.05, 0.1) is 12.6 Å². The van der Waals surface area contributed by atoms with Crippen LogP contribution in [0.5, 0.6) is 0 Å². The molecule has 0 saturated carbocycles. The quantitative estimate of drug-likeness (QED) is 0.767. The molecule has 0 saturated heterocycles. The van der Waals surface area contributed by atoms with Crippen LogP contribution >= 0.6 is 0 Å². The zero-order chi connectivity index (χ0) is 15.0. The third kappa shape index (κ3) is 5.59. The molecule has 0 bridgehead atoms. The summed E-state index contributed by atoms with van der Waals surface area (Å²) in [5.74, 6) is 0.309. The highest BCUT2D eigenvalue weighted by Gasteiger charge is 2.12. The van der Waals surface area contributed by atoms with Crippen LogP contribution in [0.25, 0.3) is 0 Å². The predicted octanol–water partition coefficient (Wildman–Crippen LogP) is 2.35. The van der Waals surface area contributed by atoms with Gasteiger partial charge < -0.3 is 20.1 Å². The zero-order valence-electron chi connectivity index (χ0n) is 12.6. The fourth-order valence-electron chi connectivity index (χ4n) is 1.77. The molecule has 0 aliphatic heterocycles. The van der Waals surface area contributed by atoms with Gasteiger partial charge in [-0.15, -0.1) is 0 Å². The maximum atomic E-state index is 11.4. The summed E-state index contributed by atoms with van der Waals surface area (Å²) < 4.78 is 9.97. The van der Waals surface area contributed by atoms with Gasteiger partial charge in [-0.2, -0.15) is 0 Å². The number of anilines is 2. The van der Waals surface area contributed by atoms with Gasteiger partial charge in [-0.3, -0.25) is 4.79 Å². The van der Waals surface area contributed by atoms with Crippen molar-refractivity contribution in [2.45, 2.75) is 19.9 Å². The Bertz CT molecular complexity index is 404. The van der Waals surface area contributed by atoms with Crippen molar-refractivity contribution in [3.8, 4) is 0 Å². The molecule has 0 heterocycles. The molecule has 5 nitrogen and oxygen atoms in total. The third-order valence-electron chi connectivity index (χ3n) is 2.95. The maximum Gasteiger partial charge on any atom is 0.250 e. The van der Waals surface area contributed by atoms with Crippen LogP contribution in [0, 0.1) is 5.92 Å². The lowest BCUT2D eigenvalue weighted by atomic mass is 10.1. The van der Waals surface area contributed by atoms with Gasteiger partial charge in [0.25, 0.3) is 0 Å². The Morgan fingerprint density at radius 3 is 2.20 bits per heavy atom. The monoisotopic (exact) mass is 280 g/mol. The van der Waals surface area contributed by atoms with E-state index < -0.39 is 0 Å². The summed E-state index contributed by atoms with van der Waals surface area (Å²) in [6, 6.07) is 7.86. The summed E-state index contributed by atoms with van der Waals surface area (Å²) in [6.07, 6.45) is 0. The van der Waals surface area contributed by atoms with Crippen molar-refractivity contribution in [3.63, 3.8) is 0 Å². The van der Waals surface area contributed by atoms with Crippen molar-refractivity contribution < 1.29 is 14.3 Å². The number of nitrogens with one attached hydrogen (secondary N) is 2. The SMILES string of the molecule is COCC(=O)Nc1ccc(NC(COC)C(C)C)cc1. The summed E-state index contributed by atoms with van der Waals surface area (Å²) >= 11 is 0. The molecule has 1 unspecified atom stereocenters. The molecule has 0 radical (unpaired) electrons. The first-order chi connectivity index (χ1) is 9.56. The molecule has 2 N–H and O–H groups in total. The number of hydrogen-bond donors (Lipinski definition) is 2. The van der Waals surface area contributed by atoms with E-state index in [4.69, 9.17) is 9.47 Å². The Morgan fingerprint density at radius 2 is 1.70 bits per heavy atom. The van der Waals surface area contributed by atoms with E-state index in [1.165, 1.54) is 7.11 Å². The molecule has 1 amide bonds. The van der Waals surface area contributed by atoms with Crippen LogP contribution in [0.4, 0.5) is 11.4 Å². The summed E-state index contributed by atoms with van der Waals surface area (Å²) in [4.78, 5) is 11.4. The molecule has 20 heavy (non-hydrogen) atoms. The molecule has 0 aromatic heterocycles. The molecule has 0 spiro atoms. The van der Waals surface area contributed by atoms with Crippen LogP contribution < -0.4 is 10.6 Å². The van der Waals surface area contributed by atoms with Crippen LogP contribution in [0.15, 0.2) is 24.3 Å². The van der Waals surface area contributed by atoms with Gasteiger partial charge in [-0.05, 0) is 30.2 Å². The van der Waals surface area contributed by atoms with E-state index in [0.29, 0.717) is 12.5 Å². The fourth-order valence-corrected chi connectivity index (χ4v) is 1.77. The van der Waals surface area contributed by atoms with E-state index in [-0.39, 0.29) is 18.6 Å². The van der Waals surface area contributed by atoms with Gasteiger partial charge in [0, 0.05) is 25.6 Å². The molecule has 0 fully saturated rings. The zero-order valence-corrected chi connectivity index (χ0v) is 12.6. The van der Waals surface area contributed by atoms with Gasteiger partial charge in [0.1, 0.15) is 6.61 Å². The van der Waals surface area contributed by atoms with E-state index in [9.17, 15) is 4.79 Å². The summed E-state index contributed by atoms with van der Waals surface area (Å²) in [5.41, 5.74) is 1.76. The van der Waals surface area contributed by atoms with Crippen LogP contribution in [0.2, 0.25) is 0 Å². The number of ether oxygens (including phenoxy) is 2. The second-order valence-corrected chi connectivity index (χ2v) is 5.01. The van der Waals surface area contributed by atoms with Crippen molar-refractivity contribution in [1.82, 2.24) is 0 Å². The van der Waals surface area contributed by atoms with E-state index in [1.54, 1.807) is 7.11 Å². The van der Waals surface area contributed by atoms with Gasteiger partial charge in [-0.1, -0.05) is 13.8 Å². The number of amides is 1. The Labute approximate surface area is 120 Å². The molecule has 1 aromatic carbocycles.